The minimum atomic E-state index is 0.0444. The Kier molecular flexibility index (Phi) is 6.12. The molecule has 1 unspecified atom stereocenters. The second-order valence-electron chi connectivity index (χ2n) is 6.45. The van der Waals surface area contributed by atoms with E-state index in [1.54, 1.807) is 7.11 Å². The summed E-state index contributed by atoms with van der Waals surface area (Å²) in [5, 5.41) is 3.42. The van der Waals surface area contributed by atoms with Gasteiger partial charge in [-0.1, -0.05) is 33.1 Å². The fraction of sp³-hybridized carbons (Fsp3) is 0.765. The third-order valence-electron chi connectivity index (χ3n) is 4.20. The van der Waals surface area contributed by atoms with E-state index in [2.05, 4.69) is 30.2 Å². The third kappa shape index (κ3) is 4.75. The quantitative estimate of drug-likeness (QED) is 0.870. The van der Waals surface area contributed by atoms with Crippen LogP contribution in [0.2, 0.25) is 0 Å². The van der Waals surface area contributed by atoms with Gasteiger partial charge in [0.15, 0.2) is 5.82 Å². The summed E-state index contributed by atoms with van der Waals surface area (Å²) >= 11 is 0. The van der Waals surface area contributed by atoms with Crippen molar-refractivity contribution in [2.45, 2.75) is 71.6 Å². The highest BCUT2D eigenvalue weighted by Gasteiger charge is 2.27. The molecule has 0 radical (unpaired) electrons. The summed E-state index contributed by atoms with van der Waals surface area (Å²) in [5.74, 6) is 1.43. The first kappa shape index (κ1) is 16.4. The van der Waals surface area contributed by atoms with Crippen molar-refractivity contribution in [2.75, 3.05) is 7.11 Å². The summed E-state index contributed by atoms with van der Waals surface area (Å²) in [6.45, 7) is 7.12. The summed E-state index contributed by atoms with van der Waals surface area (Å²) in [6, 6.07) is 2.52. The number of hydrogen-bond donors (Lipinski definition) is 1. The molecule has 4 nitrogen and oxygen atoms in total. The van der Waals surface area contributed by atoms with Crippen LogP contribution in [0.4, 0.5) is 0 Å². The standard InChI is InChI=1S/C17H29N3O/c1-12(2)18-11-15-10-13(3)19-17(20-15)16(21-4)14-8-6-5-7-9-14/h10,12,14,16,18H,5-9,11H2,1-4H3. The van der Waals surface area contributed by atoms with E-state index < -0.39 is 0 Å². The highest BCUT2D eigenvalue weighted by Crippen LogP contribution is 2.35. The molecule has 2 rings (SSSR count). The predicted octanol–water partition coefficient (Wildman–Crippen LogP) is 3.55. The van der Waals surface area contributed by atoms with E-state index in [1.807, 2.05) is 6.92 Å². The van der Waals surface area contributed by atoms with Crippen molar-refractivity contribution in [3.05, 3.63) is 23.3 Å². The van der Waals surface area contributed by atoms with Crippen LogP contribution < -0.4 is 5.32 Å². The highest BCUT2D eigenvalue weighted by atomic mass is 16.5. The van der Waals surface area contributed by atoms with Crippen molar-refractivity contribution < 1.29 is 4.74 Å². The molecule has 0 bridgehead atoms. The Bertz CT molecular complexity index is 442. The maximum absolute atomic E-state index is 5.77. The number of aromatic nitrogens is 2. The van der Waals surface area contributed by atoms with E-state index >= 15 is 0 Å². The zero-order chi connectivity index (χ0) is 15.2. The lowest BCUT2D eigenvalue weighted by atomic mass is 9.85. The van der Waals surface area contributed by atoms with Crippen LogP contribution in [0.1, 0.15) is 69.3 Å². The fourth-order valence-electron chi connectivity index (χ4n) is 3.13. The van der Waals surface area contributed by atoms with E-state index in [0.717, 1.165) is 23.8 Å². The van der Waals surface area contributed by atoms with Gasteiger partial charge in [-0.15, -0.1) is 0 Å². The normalized spacial score (nSPS) is 18.1. The zero-order valence-electron chi connectivity index (χ0n) is 13.9. The van der Waals surface area contributed by atoms with Crippen LogP contribution in [0, 0.1) is 12.8 Å². The van der Waals surface area contributed by atoms with E-state index in [4.69, 9.17) is 9.72 Å². The molecule has 1 saturated carbocycles. The van der Waals surface area contributed by atoms with Gasteiger partial charge in [-0.2, -0.15) is 0 Å². The molecule has 1 aliphatic carbocycles. The maximum atomic E-state index is 5.77. The molecule has 0 aliphatic heterocycles. The van der Waals surface area contributed by atoms with Gasteiger partial charge in [-0.05, 0) is 31.7 Å². The monoisotopic (exact) mass is 291 g/mol. The molecular formula is C17H29N3O. The number of nitrogens with zero attached hydrogens (tertiary/aromatic N) is 2. The lowest BCUT2D eigenvalue weighted by Crippen LogP contribution is -2.24. The van der Waals surface area contributed by atoms with Gasteiger partial charge >= 0.3 is 0 Å². The smallest absolute Gasteiger partial charge is 0.157 e. The van der Waals surface area contributed by atoms with Gasteiger partial charge in [0.2, 0.25) is 0 Å². The van der Waals surface area contributed by atoms with Gasteiger partial charge in [0.1, 0.15) is 6.10 Å². The first-order valence-electron chi connectivity index (χ1n) is 8.20. The lowest BCUT2D eigenvalue weighted by Gasteiger charge is -2.28. The van der Waals surface area contributed by atoms with E-state index in [1.165, 1.54) is 32.1 Å². The van der Waals surface area contributed by atoms with Gasteiger partial charge in [0.25, 0.3) is 0 Å². The molecule has 1 heterocycles. The van der Waals surface area contributed by atoms with Crippen molar-refractivity contribution >= 4 is 0 Å². The number of aryl methyl sites for hydroxylation is 1. The van der Waals surface area contributed by atoms with Crippen molar-refractivity contribution in [3.63, 3.8) is 0 Å². The molecule has 1 aromatic heterocycles. The average molecular weight is 291 g/mol. The summed E-state index contributed by atoms with van der Waals surface area (Å²) < 4.78 is 5.77. The van der Waals surface area contributed by atoms with Gasteiger partial charge in [0, 0.05) is 25.4 Å². The van der Waals surface area contributed by atoms with Gasteiger partial charge in [-0.3, -0.25) is 0 Å². The molecule has 4 heteroatoms. The van der Waals surface area contributed by atoms with Crippen LogP contribution in [-0.4, -0.2) is 23.1 Å². The van der Waals surface area contributed by atoms with E-state index in [9.17, 15) is 0 Å². The number of methoxy groups -OCH3 is 1. The number of nitrogens with one attached hydrogen (secondary N) is 1. The predicted molar refractivity (Wildman–Crippen MR) is 85.1 cm³/mol. The van der Waals surface area contributed by atoms with Crippen molar-refractivity contribution in [1.82, 2.24) is 15.3 Å². The average Bonchev–Trinajstić information content (AvgIpc) is 2.46. The molecule has 0 aromatic carbocycles. The second kappa shape index (κ2) is 7.85. The minimum absolute atomic E-state index is 0.0444. The van der Waals surface area contributed by atoms with Crippen LogP contribution in [0.3, 0.4) is 0 Å². The first-order valence-corrected chi connectivity index (χ1v) is 8.20. The van der Waals surface area contributed by atoms with Crippen molar-refractivity contribution in [2.24, 2.45) is 5.92 Å². The molecular weight excluding hydrogens is 262 g/mol. The Labute approximate surface area is 128 Å². The van der Waals surface area contributed by atoms with Crippen molar-refractivity contribution in [3.8, 4) is 0 Å². The van der Waals surface area contributed by atoms with Crippen LogP contribution in [0.5, 0.6) is 0 Å². The van der Waals surface area contributed by atoms with Crippen LogP contribution in [0.25, 0.3) is 0 Å². The number of ether oxygens (including phenoxy) is 1. The highest BCUT2D eigenvalue weighted by molar-refractivity contribution is 5.12. The Morgan fingerprint density at radius 2 is 1.95 bits per heavy atom. The summed E-state index contributed by atoms with van der Waals surface area (Å²) in [6.07, 6.45) is 6.47. The molecule has 0 amide bonds. The van der Waals surface area contributed by atoms with Crippen LogP contribution in [0.15, 0.2) is 6.07 Å². The van der Waals surface area contributed by atoms with E-state index in [0.29, 0.717) is 12.0 Å². The lowest BCUT2D eigenvalue weighted by molar-refractivity contribution is 0.0286. The first-order chi connectivity index (χ1) is 10.1. The Morgan fingerprint density at radius 3 is 2.57 bits per heavy atom. The summed E-state index contributed by atoms with van der Waals surface area (Å²) in [4.78, 5) is 9.40. The Hall–Kier alpha value is -1.00. The number of hydrogen-bond acceptors (Lipinski definition) is 4. The number of rotatable bonds is 6. The summed E-state index contributed by atoms with van der Waals surface area (Å²) in [7, 11) is 1.79. The fourth-order valence-corrected chi connectivity index (χ4v) is 3.13. The van der Waals surface area contributed by atoms with Gasteiger partial charge in [-0.25, -0.2) is 9.97 Å². The second-order valence-corrected chi connectivity index (χ2v) is 6.45. The molecule has 118 valence electrons. The Morgan fingerprint density at radius 1 is 1.24 bits per heavy atom. The third-order valence-corrected chi connectivity index (χ3v) is 4.20. The minimum Gasteiger partial charge on any atom is -0.373 e. The van der Waals surface area contributed by atoms with Crippen LogP contribution in [-0.2, 0) is 11.3 Å². The molecule has 1 fully saturated rings. The Balaban J connectivity index is 2.15. The van der Waals surface area contributed by atoms with Gasteiger partial charge < -0.3 is 10.1 Å². The molecule has 1 aliphatic rings. The summed E-state index contributed by atoms with van der Waals surface area (Å²) in [5.41, 5.74) is 2.09. The molecule has 1 aromatic rings. The van der Waals surface area contributed by atoms with Crippen LogP contribution >= 0.6 is 0 Å². The molecule has 0 saturated heterocycles. The van der Waals surface area contributed by atoms with Gasteiger partial charge in [0.05, 0.1) is 5.69 Å². The zero-order valence-corrected chi connectivity index (χ0v) is 13.9. The molecule has 1 atom stereocenters. The topological polar surface area (TPSA) is 47.0 Å². The van der Waals surface area contributed by atoms with E-state index in [-0.39, 0.29) is 6.10 Å². The SMILES string of the molecule is COC(c1nc(C)cc(CNC(C)C)n1)C1CCCCC1. The largest absolute Gasteiger partial charge is 0.373 e. The van der Waals surface area contributed by atoms with Crippen molar-refractivity contribution in [1.29, 1.82) is 0 Å². The maximum Gasteiger partial charge on any atom is 0.157 e. The molecule has 1 N–H and O–H groups in total. The molecule has 0 spiro atoms. The molecule has 21 heavy (non-hydrogen) atoms.